The molecule has 0 aliphatic carbocycles. The standard InChI is InChI=1S/C26H27N3O6/c1-17(30)28-20-8-6-7-18(13-20)15-27-26(32)19-11-12-23(24(14-19)34-3)35-16-25(31)29-21-9-4-5-10-22(21)33-2/h4-14H,15-16H2,1-3H3,(H,27,32)(H,28,30)(H,29,31). The van der Waals surface area contributed by atoms with E-state index < -0.39 is 0 Å². The Kier molecular flexibility index (Phi) is 8.66. The zero-order valence-electron chi connectivity index (χ0n) is 19.7. The number of carbonyl (C=O) groups excluding carboxylic acids is 3. The predicted molar refractivity (Wildman–Crippen MR) is 132 cm³/mol. The molecule has 0 saturated carbocycles. The molecule has 9 nitrogen and oxygen atoms in total. The molecule has 3 N–H and O–H groups in total. The SMILES string of the molecule is COc1ccccc1NC(=O)COc1ccc(C(=O)NCc2cccc(NC(C)=O)c2)cc1OC. The summed E-state index contributed by atoms with van der Waals surface area (Å²) in [5.74, 6) is 0.319. The van der Waals surface area contributed by atoms with E-state index in [-0.39, 0.29) is 30.9 Å². The highest BCUT2D eigenvalue weighted by Gasteiger charge is 2.14. The van der Waals surface area contributed by atoms with Crippen molar-refractivity contribution in [2.24, 2.45) is 0 Å². The lowest BCUT2D eigenvalue weighted by Gasteiger charge is -2.13. The summed E-state index contributed by atoms with van der Waals surface area (Å²) in [6.45, 7) is 1.45. The Hall–Kier alpha value is -4.53. The molecule has 3 rings (SSSR count). The molecule has 0 unspecified atom stereocenters. The second kappa shape index (κ2) is 12.1. The van der Waals surface area contributed by atoms with E-state index in [1.165, 1.54) is 27.2 Å². The van der Waals surface area contributed by atoms with Gasteiger partial charge in [0, 0.05) is 24.7 Å². The topological polar surface area (TPSA) is 115 Å². The number of ether oxygens (including phenoxy) is 3. The van der Waals surface area contributed by atoms with Crippen LogP contribution < -0.4 is 30.2 Å². The van der Waals surface area contributed by atoms with E-state index in [9.17, 15) is 14.4 Å². The second-order valence-electron chi connectivity index (χ2n) is 7.47. The van der Waals surface area contributed by atoms with Crippen LogP contribution in [0.4, 0.5) is 11.4 Å². The molecule has 0 atom stereocenters. The monoisotopic (exact) mass is 477 g/mol. The van der Waals surface area contributed by atoms with Gasteiger partial charge >= 0.3 is 0 Å². The summed E-state index contributed by atoms with van der Waals surface area (Å²) < 4.78 is 16.2. The van der Waals surface area contributed by atoms with Crippen LogP contribution in [0.15, 0.2) is 66.7 Å². The molecule has 0 fully saturated rings. The second-order valence-corrected chi connectivity index (χ2v) is 7.47. The van der Waals surface area contributed by atoms with Crippen molar-refractivity contribution in [3.05, 3.63) is 77.9 Å². The van der Waals surface area contributed by atoms with E-state index >= 15 is 0 Å². The van der Waals surface area contributed by atoms with E-state index in [2.05, 4.69) is 16.0 Å². The van der Waals surface area contributed by atoms with Crippen molar-refractivity contribution >= 4 is 29.1 Å². The van der Waals surface area contributed by atoms with Crippen molar-refractivity contribution in [3.8, 4) is 17.2 Å². The van der Waals surface area contributed by atoms with Crippen LogP contribution in [0.1, 0.15) is 22.8 Å². The maximum Gasteiger partial charge on any atom is 0.262 e. The Bertz CT molecular complexity index is 1210. The first-order valence-electron chi connectivity index (χ1n) is 10.8. The van der Waals surface area contributed by atoms with Gasteiger partial charge in [-0.15, -0.1) is 0 Å². The van der Waals surface area contributed by atoms with Gasteiger partial charge in [0.25, 0.3) is 11.8 Å². The highest BCUT2D eigenvalue weighted by Crippen LogP contribution is 2.28. The van der Waals surface area contributed by atoms with Gasteiger partial charge in [0.05, 0.1) is 19.9 Å². The molecule has 3 aromatic rings. The average molecular weight is 478 g/mol. The fraction of sp³-hybridized carbons (Fsp3) is 0.192. The Morgan fingerprint density at radius 3 is 2.31 bits per heavy atom. The van der Waals surface area contributed by atoms with Crippen LogP contribution in [-0.2, 0) is 16.1 Å². The summed E-state index contributed by atoms with van der Waals surface area (Å²) in [5, 5.41) is 8.27. The zero-order chi connectivity index (χ0) is 25.2. The third-order valence-electron chi connectivity index (χ3n) is 4.87. The quantitative estimate of drug-likeness (QED) is 0.411. The molecule has 9 heteroatoms. The molecule has 0 aliphatic heterocycles. The van der Waals surface area contributed by atoms with Crippen molar-refractivity contribution in [2.45, 2.75) is 13.5 Å². The Morgan fingerprint density at radius 1 is 0.800 bits per heavy atom. The number of benzene rings is 3. The summed E-state index contributed by atoms with van der Waals surface area (Å²) in [6.07, 6.45) is 0. The molecule has 0 heterocycles. The third-order valence-corrected chi connectivity index (χ3v) is 4.87. The van der Waals surface area contributed by atoms with Gasteiger partial charge in [-0.1, -0.05) is 24.3 Å². The fourth-order valence-corrected chi connectivity index (χ4v) is 3.25. The fourth-order valence-electron chi connectivity index (χ4n) is 3.25. The Labute approximate surface area is 203 Å². The van der Waals surface area contributed by atoms with Gasteiger partial charge in [0.1, 0.15) is 5.75 Å². The lowest BCUT2D eigenvalue weighted by atomic mass is 10.1. The number of rotatable bonds is 10. The molecular weight excluding hydrogens is 450 g/mol. The van der Waals surface area contributed by atoms with Crippen molar-refractivity contribution in [2.75, 3.05) is 31.5 Å². The average Bonchev–Trinajstić information content (AvgIpc) is 2.86. The van der Waals surface area contributed by atoms with Crippen LogP contribution in [0.3, 0.4) is 0 Å². The minimum absolute atomic E-state index is 0.169. The van der Waals surface area contributed by atoms with Crippen LogP contribution >= 0.6 is 0 Å². The molecule has 3 amide bonds. The van der Waals surface area contributed by atoms with Crippen LogP contribution in [-0.4, -0.2) is 38.5 Å². The first-order valence-corrected chi connectivity index (χ1v) is 10.8. The first kappa shape index (κ1) is 25.1. The van der Waals surface area contributed by atoms with Crippen molar-refractivity contribution in [1.29, 1.82) is 0 Å². The van der Waals surface area contributed by atoms with Gasteiger partial charge in [-0.05, 0) is 48.0 Å². The first-order chi connectivity index (χ1) is 16.9. The van der Waals surface area contributed by atoms with Gasteiger partial charge in [-0.25, -0.2) is 0 Å². The van der Waals surface area contributed by atoms with Crippen LogP contribution in [0.25, 0.3) is 0 Å². The zero-order valence-corrected chi connectivity index (χ0v) is 19.7. The van der Waals surface area contributed by atoms with Gasteiger partial charge < -0.3 is 30.2 Å². The summed E-state index contributed by atoms with van der Waals surface area (Å²) in [7, 11) is 2.97. The van der Waals surface area contributed by atoms with E-state index in [4.69, 9.17) is 14.2 Å². The van der Waals surface area contributed by atoms with E-state index in [1.807, 2.05) is 6.07 Å². The van der Waals surface area contributed by atoms with Crippen LogP contribution in [0.5, 0.6) is 17.2 Å². The van der Waals surface area contributed by atoms with Crippen LogP contribution in [0.2, 0.25) is 0 Å². The number of anilines is 2. The van der Waals surface area contributed by atoms with Crippen molar-refractivity contribution < 1.29 is 28.6 Å². The van der Waals surface area contributed by atoms with E-state index in [0.29, 0.717) is 34.2 Å². The Morgan fingerprint density at radius 2 is 1.57 bits per heavy atom. The number of carbonyl (C=O) groups is 3. The molecule has 182 valence electrons. The highest BCUT2D eigenvalue weighted by molar-refractivity contribution is 5.95. The lowest BCUT2D eigenvalue weighted by Crippen LogP contribution is -2.23. The molecule has 35 heavy (non-hydrogen) atoms. The molecule has 0 aliphatic rings. The molecule has 0 bridgehead atoms. The largest absolute Gasteiger partial charge is 0.495 e. The number of hydrogen-bond acceptors (Lipinski definition) is 6. The smallest absolute Gasteiger partial charge is 0.262 e. The van der Waals surface area contributed by atoms with Crippen molar-refractivity contribution in [1.82, 2.24) is 5.32 Å². The number of amides is 3. The Balaban J connectivity index is 1.58. The predicted octanol–water partition coefficient (Wildman–Crippen LogP) is 3.61. The number of para-hydroxylation sites is 2. The maximum atomic E-state index is 12.6. The normalized spacial score (nSPS) is 10.1. The summed E-state index contributed by atoms with van der Waals surface area (Å²) in [4.78, 5) is 36.2. The highest BCUT2D eigenvalue weighted by atomic mass is 16.5. The van der Waals surface area contributed by atoms with E-state index in [0.717, 1.165) is 5.56 Å². The molecule has 3 aromatic carbocycles. The van der Waals surface area contributed by atoms with Gasteiger partial charge in [0.15, 0.2) is 18.1 Å². The maximum absolute atomic E-state index is 12.6. The third kappa shape index (κ3) is 7.23. The van der Waals surface area contributed by atoms with Crippen molar-refractivity contribution in [3.63, 3.8) is 0 Å². The lowest BCUT2D eigenvalue weighted by molar-refractivity contribution is -0.118. The minimum atomic E-state index is -0.375. The number of methoxy groups -OCH3 is 2. The molecule has 0 saturated heterocycles. The molecule has 0 aromatic heterocycles. The van der Waals surface area contributed by atoms with Crippen LogP contribution in [0, 0.1) is 0 Å². The molecular formula is C26H27N3O6. The summed E-state index contributed by atoms with van der Waals surface area (Å²) in [5.41, 5.74) is 2.38. The van der Waals surface area contributed by atoms with Gasteiger partial charge in [-0.3, -0.25) is 14.4 Å². The number of nitrogens with one attached hydrogen (secondary N) is 3. The molecule has 0 radical (unpaired) electrons. The minimum Gasteiger partial charge on any atom is -0.495 e. The summed E-state index contributed by atoms with van der Waals surface area (Å²) >= 11 is 0. The van der Waals surface area contributed by atoms with Gasteiger partial charge in [0.2, 0.25) is 5.91 Å². The molecule has 0 spiro atoms. The van der Waals surface area contributed by atoms with Gasteiger partial charge in [-0.2, -0.15) is 0 Å². The number of hydrogen-bond donors (Lipinski definition) is 3. The summed E-state index contributed by atoms with van der Waals surface area (Å²) in [6, 6.07) is 18.9. The van der Waals surface area contributed by atoms with E-state index in [1.54, 1.807) is 54.6 Å².